The van der Waals surface area contributed by atoms with Gasteiger partial charge < -0.3 is 9.30 Å². The van der Waals surface area contributed by atoms with Crippen molar-refractivity contribution < 1.29 is 9.53 Å². The first-order valence-electron chi connectivity index (χ1n) is 7.81. The number of halogens is 1. The van der Waals surface area contributed by atoms with Crippen LogP contribution < -0.4 is 10.3 Å². The number of benzene rings is 1. The van der Waals surface area contributed by atoms with Gasteiger partial charge in [0.05, 0.1) is 17.7 Å². The molecule has 0 saturated heterocycles. The molecular weight excluding hydrogens is 314 g/mol. The summed E-state index contributed by atoms with van der Waals surface area (Å²) in [4.78, 5) is 24.8. The predicted octanol–water partition coefficient (Wildman–Crippen LogP) is 4.07. The zero-order valence-corrected chi connectivity index (χ0v) is 14.7. The quantitative estimate of drug-likeness (QED) is 0.747. The van der Waals surface area contributed by atoms with E-state index in [9.17, 15) is 9.59 Å². The lowest BCUT2D eigenvalue weighted by atomic mass is 10.1. The molecule has 124 valence electrons. The highest BCUT2D eigenvalue weighted by atomic mass is 35.5. The number of hydrogen-bond acceptors (Lipinski definition) is 3. The lowest BCUT2D eigenvalue weighted by Crippen LogP contribution is -2.27. The fourth-order valence-corrected chi connectivity index (χ4v) is 2.69. The second-order valence-corrected chi connectivity index (χ2v) is 6.85. The molecule has 0 N–H and O–H groups in total. The lowest BCUT2D eigenvalue weighted by Gasteiger charge is -2.18. The van der Waals surface area contributed by atoms with Gasteiger partial charge in [-0.2, -0.15) is 0 Å². The molecule has 4 nitrogen and oxygen atoms in total. The van der Waals surface area contributed by atoms with E-state index in [-0.39, 0.29) is 28.7 Å². The number of fused-ring (bicyclic) bond motifs is 1. The van der Waals surface area contributed by atoms with Crippen LogP contribution in [0.1, 0.15) is 38.1 Å². The van der Waals surface area contributed by atoms with E-state index in [0.717, 1.165) is 0 Å². The first-order valence-corrected chi connectivity index (χ1v) is 8.18. The van der Waals surface area contributed by atoms with Gasteiger partial charge in [-0.1, -0.05) is 45.9 Å². The van der Waals surface area contributed by atoms with Gasteiger partial charge in [0.1, 0.15) is 0 Å². The van der Waals surface area contributed by atoms with E-state index in [0.29, 0.717) is 24.1 Å². The summed E-state index contributed by atoms with van der Waals surface area (Å²) in [6, 6.07) is 7.29. The van der Waals surface area contributed by atoms with Gasteiger partial charge in [-0.3, -0.25) is 9.59 Å². The Hall–Kier alpha value is -1.81. The Bertz CT molecular complexity index is 778. The molecule has 0 fully saturated rings. The normalized spacial score (nSPS) is 11.4. The van der Waals surface area contributed by atoms with Gasteiger partial charge in [0.2, 0.25) is 0 Å². The van der Waals surface area contributed by atoms with Crippen molar-refractivity contribution in [1.82, 2.24) is 4.57 Å². The van der Waals surface area contributed by atoms with Crippen molar-refractivity contribution >= 4 is 27.7 Å². The molecule has 1 heterocycles. The second-order valence-electron chi connectivity index (χ2n) is 6.51. The first-order chi connectivity index (χ1) is 10.8. The third-order valence-corrected chi connectivity index (χ3v) is 3.62. The molecule has 2 aromatic rings. The molecule has 0 radical (unpaired) electrons. The number of para-hydroxylation sites is 1. The van der Waals surface area contributed by atoms with Crippen molar-refractivity contribution in [3.63, 3.8) is 0 Å². The molecule has 0 aliphatic rings. The molecule has 0 aliphatic heterocycles. The van der Waals surface area contributed by atoms with Gasteiger partial charge in [-0.15, -0.1) is 0 Å². The fraction of sp³-hybridized carbons (Fsp3) is 0.444. The van der Waals surface area contributed by atoms with E-state index in [1.54, 1.807) is 10.6 Å². The molecule has 0 aliphatic carbocycles. The SMILES string of the molecule is CC(C)COc1c(C(=O)Cl)c2ccccc2n(CC(C)C)c1=O. The molecule has 1 aromatic heterocycles. The number of ether oxygens (including phenoxy) is 1. The smallest absolute Gasteiger partial charge is 0.294 e. The van der Waals surface area contributed by atoms with Crippen molar-refractivity contribution in [1.29, 1.82) is 0 Å². The molecule has 0 bridgehead atoms. The number of carbonyl (C=O) groups is 1. The Morgan fingerprint density at radius 3 is 2.39 bits per heavy atom. The Morgan fingerprint density at radius 1 is 1.17 bits per heavy atom. The third-order valence-electron chi connectivity index (χ3n) is 3.44. The van der Waals surface area contributed by atoms with Gasteiger partial charge in [0.15, 0.2) is 5.75 Å². The number of carbonyl (C=O) groups excluding carboxylic acids is 1. The highest BCUT2D eigenvalue weighted by Gasteiger charge is 2.22. The summed E-state index contributed by atoms with van der Waals surface area (Å²) in [6.45, 7) is 8.94. The summed E-state index contributed by atoms with van der Waals surface area (Å²) in [5.41, 5.74) is 0.557. The number of hydrogen-bond donors (Lipinski definition) is 0. The van der Waals surface area contributed by atoms with E-state index < -0.39 is 5.24 Å². The van der Waals surface area contributed by atoms with E-state index in [1.807, 2.05) is 45.9 Å². The first kappa shape index (κ1) is 17.5. The summed E-state index contributed by atoms with van der Waals surface area (Å²) in [7, 11) is 0. The van der Waals surface area contributed by atoms with E-state index >= 15 is 0 Å². The standard InChI is InChI=1S/C18H22ClNO3/c1-11(2)9-20-14-8-6-5-7-13(14)15(17(19)21)16(18(20)22)23-10-12(3)4/h5-8,11-12H,9-10H2,1-4H3. The van der Waals surface area contributed by atoms with Crippen molar-refractivity contribution in [2.45, 2.75) is 34.2 Å². The van der Waals surface area contributed by atoms with Crippen LogP contribution in [0, 0.1) is 11.8 Å². The highest BCUT2D eigenvalue weighted by molar-refractivity contribution is 6.69. The van der Waals surface area contributed by atoms with Gasteiger partial charge in [-0.05, 0) is 29.5 Å². The average molecular weight is 336 g/mol. The maximum atomic E-state index is 12.9. The molecule has 0 saturated carbocycles. The largest absolute Gasteiger partial charge is 0.487 e. The minimum Gasteiger partial charge on any atom is -0.487 e. The van der Waals surface area contributed by atoms with Crippen LogP contribution in [-0.2, 0) is 6.54 Å². The Kier molecular flexibility index (Phi) is 5.47. The van der Waals surface area contributed by atoms with Gasteiger partial charge in [0.25, 0.3) is 10.8 Å². The molecule has 1 aromatic carbocycles. The van der Waals surface area contributed by atoms with Gasteiger partial charge in [0, 0.05) is 11.9 Å². The highest BCUT2D eigenvalue weighted by Crippen LogP contribution is 2.27. The molecule has 0 spiro atoms. The van der Waals surface area contributed by atoms with Crippen LogP contribution in [0.3, 0.4) is 0 Å². The topological polar surface area (TPSA) is 48.3 Å². The zero-order valence-electron chi connectivity index (χ0n) is 13.9. The zero-order chi connectivity index (χ0) is 17.1. The minimum atomic E-state index is -0.672. The van der Waals surface area contributed by atoms with Crippen molar-refractivity contribution in [2.75, 3.05) is 6.61 Å². The average Bonchev–Trinajstić information content (AvgIpc) is 2.47. The van der Waals surface area contributed by atoms with Crippen molar-refractivity contribution in [2.24, 2.45) is 11.8 Å². The lowest BCUT2D eigenvalue weighted by molar-refractivity contribution is 0.107. The number of rotatable bonds is 6. The molecule has 0 amide bonds. The monoisotopic (exact) mass is 335 g/mol. The van der Waals surface area contributed by atoms with Crippen LogP contribution in [0.25, 0.3) is 10.9 Å². The molecular formula is C18H22ClNO3. The molecule has 5 heteroatoms. The fourth-order valence-electron chi connectivity index (χ4n) is 2.51. The van der Waals surface area contributed by atoms with E-state index in [4.69, 9.17) is 16.3 Å². The van der Waals surface area contributed by atoms with Crippen molar-refractivity contribution in [3.05, 3.63) is 40.2 Å². The van der Waals surface area contributed by atoms with Crippen molar-refractivity contribution in [3.8, 4) is 5.75 Å². The Labute approximate surface area is 141 Å². The number of aromatic nitrogens is 1. The Morgan fingerprint density at radius 2 is 1.83 bits per heavy atom. The van der Waals surface area contributed by atoms with E-state index in [1.165, 1.54) is 0 Å². The maximum Gasteiger partial charge on any atom is 0.294 e. The number of pyridine rings is 1. The third kappa shape index (κ3) is 3.75. The summed E-state index contributed by atoms with van der Waals surface area (Å²) in [5, 5.41) is -0.0275. The van der Waals surface area contributed by atoms with Crippen LogP contribution >= 0.6 is 11.6 Å². The summed E-state index contributed by atoms with van der Waals surface area (Å²) in [5.74, 6) is 0.572. The van der Waals surface area contributed by atoms with Gasteiger partial charge in [-0.25, -0.2) is 0 Å². The van der Waals surface area contributed by atoms with Crippen LogP contribution in [0.5, 0.6) is 5.75 Å². The van der Waals surface area contributed by atoms with E-state index in [2.05, 4.69) is 0 Å². The molecule has 0 unspecified atom stereocenters. The molecule has 2 rings (SSSR count). The Balaban J connectivity index is 2.80. The maximum absolute atomic E-state index is 12.9. The predicted molar refractivity (Wildman–Crippen MR) is 93.6 cm³/mol. The summed E-state index contributed by atoms with van der Waals surface area (Å²) < 4.78 is 7.35. The number of nitrogens with zero attached hydrogens (tertiary/aromatic N) is 1. The van der Waals surface area contributed by atoms with Crippen LogP contribution in [0.15, 0.2) is 29.1 Å². The van der Waals surface area contributed by atoms with Crippen LogP contribution in [0.2, 0.25) is 0 Å². The molecule has 23 heavy (non-hydrogen) atoms. The van der Waals surface area contributed by atoms with Gasteiger partial charge >= 0.3 is 0 Å². The van der Waals surface area contributed by atoms with Crippen LogP contribution in [-0.4, -0.2) is 16.4 Å². The minimum absolute atomic E-state index is 0.0538. The second kappa shape index (κ2) is 7.18. The summed E-state index contributed by atoms with van der Waals surface area (Å²) >= 11 is 5.77. The molecule has 0 atom stereocenters. The van der Waals surface area contributed by atoms with Crippen LogP contribution in [0.4, 0.5) is 0 Å². The summed E-state index contributed by atoms with van der Waals surface area (Å²) in [6.07, 6.45) is 0.